The summed E-state index contributed by atoms with van der Waals surface area (Å²) in [6.45, 7) is 4.29. The second-order valence-electron chi connectivity index (χ2n) is 7.09. The van der Waals surface area contributed by atoms with Gasteiger partial charge < -0.3 is 19.9 Å². The first-order chi connectivity index (χ1) is 13.9. The number of amides is 2. The van der Waals surface area contributed by atoms with E-state index in [4.69, 9.17) is 27.9 Å². The number of rotatable bonds is 5. The lowest BCUT2D eigenvalue weighted by atomic mass is 9.95. The van der Waals surface area contributed by atoms with Gasteiger partial charge in [-0.05, 0) is 12.0 Å². The number of aromatic amines is 1. The van der Waals surface area contributed by atoms with Crippen molar-refractivity contribution in [2.45, 2.75) is 38.8 Å². The van der Waals surface area contributed by atoms with Crippen molar-refractivity contribution in [1.82, 2.24) is 20.2 Å². The van der Waals surface area contributed by atoms with E-state index in [0.717, 1.165) is 5.69 Å². The summed E-state index contributed by atoms with van der Waals surface area (Å²) in [5, 5.41) is 3.62. The number of nitrogens with zero attached hydrogens (tertiary/aromatic N) is 2. The van der Waals surface area contributed by atoms with Crippen molar-refractivity contribution in [2.75, 3.05) is 13.7 Å². The molecule has 1 aromatic heterocycles. The van der Waals surface area contributed by atoms with E-state index in [0.29, 0.717) is 40.7 Å². The molecule has 0 bridgehead atoms. The van der Waals surface area contributed by atoms with Crippen molar-refractivity contribution in [3.05, 3.63) is 51.5 Å². The van der Waals surface area contributed by atoms with Crippen LogP contribution in [-0.2, 0) is 16.0 Å². The number of hydrogen-bond acceptors (Lipinski definition) is 4. The fourth-order valence-electron chi connectivity index (χ4n) is 3.55. The van der Waals surface area contributed by atoms with Gasteiger partial charge in [-0.25, -0.2) is 14.6 Å². The number of carbonyl (C=O) groups excluding carboxylic acids is 2. The Bertz CT molecular complexity index is 902. The third kappa shape index (κ3) is 4.21. The molecule has 0 saturated heterocycles. The zero-order valence-corrected chi connectivity index (χ0v) is 18.0. The van der Waals surface area contributed by atoms with Crippen LogP contribution in [0.4, 0.5) is 4.79 Å². The number of aromatic nitrogens is 2. The zero-order chi connectivity index (χ0) is 21.1. The first kappa shape index (κ1) is 21.5. The highest BCUT2D eigenvalue weighted by atomic mass is 35.5. The normalized spacial score (nSPS) is 18.0. The standard InChI is InChI=1S/C20H24Cl2N4O3/c1-4-11(2)16(19(27)29-3)25-20(28)26-9-8-14-17(24-10-23-14)18(26)12-6-5-7-13(21)15(12)22/h5-7,10-11,16,18H,4,8-9H2,1-3H3,(H,23,24)(H,25,28)/t11-,16-,18-/m0/s1. The molecule has 0 radical (unpaired) electrons. The average Bonchev–Trinajstić information content (AvgIpc) is 3.21. The summed E-state index contributed by atoms with van der Waals surface area (Å²) in [5.41, 5.74) is 2.34. The van der Waals surface area contributed by atoms with E-state index in [9.17, 15) is 9.59 Å². The maximum absolute atomic E-state index is 13.3. The molecule has 156 valence electrons. The van der Waals surface area contributed by atoms with Crippen LogP contribution >= 0.6 is 23.2 Å². The topological polar surface area (TPSA) is 87.3 Å². The third-order valence-corrected chi connectivity index (χ3v) is 6.24. The second-order valence-corrected chi connectivity index (χ2v) is 7.88. The number of ether oxygens (including phenoxy) is 1. The van der Waals surface area contributed by atoms with Crippen LogP contribution < -0.4 is 5.32 Å². The maximum Gasteiger partial charge on any atom is 0.328 e. The largest absolute Gasteiger partial charge is 0.467 e. The summed E-state index contributed by atoms with van der Waals surface area (Å²) in [7, 11) is 1.31. The zero-order valence-electron chi connectivity index (χ0n) is 16.5. The van der Waals surface area contributed by atoms with Gasteiger partial charge >= 0.3 is 12.0 Å². The molecule has 0 aliphatic carbocycles. The summed E-state index contributed by atoms with van der Waals surface area (Å²) >= 11 is 12.7. The van der Waals surface area contributed by atoms with Crippen LogP contribution in [0.5, 0.6) is 0 Å². The molecular formula is C20H24Cl2N4O3. The highest BCUT2D eigenvalue weighted by Crippen LogP contribution is 2.39. The molecule has 7 nitrogen and oxygen atoms in total. The molecule has 9 heteroatoms. The fourth-order valence-corrected chi connectivity index (χ4v) is 3.97. The number of imidazole rings is 1. The molecule has 0 saturated carbocycles. The Morgan fingerprint density at radius 1 is 1.41 bits per heavy atom. The van der Waals surface area contributed by atoms with Gasteiger partial charge in [-0.15, -0.1) is 0 Å². The molecule has 3 atom stereocenters. The first-order valence-corrected chi connectivity index (χ1v) is 10.3. The van der Waals surface area contributed by atoms with Gasteiger partial charge in [-0.1, -0.05) is 55.6 Å². The minimum Gasteiger partial charge on any atom is -0.467 e. The summed E-state index contributed by atoms with van der Waals surface area (Å²) < 4.78 is 4.89. The summed E-state index contributed by atoms with van der Waals surface area (Å²) in [6, 6.07) is 3.67. The number of fused-ring (bicyclic) bond motifs is 1. The summed E-state index contributed by atoms with van der Waals surface area (Å²) in [5.74, 6) is -0.548. The van der Waals surface area contributed by atoms with E-state index in [-0.39, 0.29) is 11.9 Å². The third-order valence-electron chi connectivity index (χ3n) is 5.41. The smallest absolute Gasteiger partial charge is 0.328 e. The lowest BCUT2D eigenvalue weighted by Crippen LogP contribution is -2.53. The van der Waals surface area contributed by atoms with E-state index in [1.54, 1.807) is 23.4 Å². The average molecular weight is 439 g/mol. The van der Waals surface area contributed by atoms with Crippen LogP contribution in [0, 0.1) is 5.92 Å². The van der Waals surface area contributed by atoms with Gasteiger partial charge in [0.1, 0.15) is 12.1 Å². The van der Waals surface area contributed by atoms with Crippen molar-refractivity contribution < 1.29 is 14.3 Å². The number of H-pyrrole nitrogens is 1. The molecule has 3 rings (SSSR count). The lowest BCUT2D eigenvalue weighted by molar-refractivity contribution is -0.144. The second kappa shape index (κ2) is 9.05. The molecule has 2 N–H and O–H groups in total. The van der Waals surface area contributed by atoms with Crippen LogP contribution in [0.1, 0.15) is 43.3 Å². The molecule has 2 amide bonds. The predicted molar refractivity (Wildman–Crippen MR) is 111 cm³/mol. The van der Waals surface area contributed by atoms with Crippen LogP contribution in [0.15, 0.2) is 24.5 Å². The number of benzene rings is 1. The van der Waals surface area contributed by atoms with Crippen molar-refractivity contribution in [3.63, 3.8) is 0 Å². The SMILES string of the molecule is CC[C@H](C)[C@H](NC(=O)N1CCc2[nH]cnc2[C@@H]1c1cccc(Cl)c1Cl)C(=O)OC. The van der Waals surface area contributed by atoms with Gasteiger partial charge in [0.25, 0.3) is 0 Å². The van der Waals surface area contributed by atoms with Gasteiger partial charge in [0, 0.05) is 24.2 Å². The molecule has 0 spiro atoms. The molecule has 2 heterocycles. The van der Waals surface area contributed by atoms with E-state index in [2.05, 4.69) is 15.3 Å². The predicted octanol–water partition coefficient (Wildman–Crippen LogP) is 3.96. The number of esters is 1. The van der Waals surface area contributed by atoms with Crippen LogP contribution in [-0.4, -0.2) is 46.6 Å². The number of hydrogen-bond donors (Lipinski definition) is 2. The van der Waals surface area contributed by atoms with E-state index in [1.165, 1.54) is 7.11 Å². The molecule has 1 aromatic carbocycles. The number of halogens is 2. The Kier molecular flexibility index (Phi) is 6.70. The Balaban J connectivity index is 1.97. The van der Waals surface area contributed by atoms with Gasteiger partial charge in [0.2, 0.25) is 0 Å². The van der Waals surface area contributed by atoms with Crippen LogP contribution in [0.25, 0.3) is 0 Å². The van der Waals surface area contributed by atoms with Crippen molar-refractivity contribution in [2.24, 2.45) is 5.92 Å². The number of carbonyl (C=O) groups is 2. The lowest BCUT2D eigenvalue weighted by Gasteiger charge is -2.37. The summed E-state index contributed by atoms with van der Waals surface area (Å²) in [6.07, 6.45) is 2.94. The molecule has 1 aliphatic rings. The van der Waals surface area contributed by atoms with E-state index in [1.807, 2.05) is 19.9 Å². The fraction of sp³-hybridized carbons (Fsp3) is 0.450. The Labute approximate surface area is 179 Å². The van der Waals surface area contributed by atoms with Crippen molar-refractivity contribution in [1.29, 1.82) is 0 Å². The highest BCUT2D eigenvalue weighted by Gasteiger charge is 2.37. The number of nitrogens with one attached hydrogen (secondary N) is 2. The number of urea groups is 1. The van der Waals surface area contributed by atoms with E-state index >= 15 is 0 Å². The molecule has 2 aromatic rings. The first-order valence-electron chi connectivity index (χ1n) is 9.50. The minimum absolute atomic E-state index is 0.0784. The quantitative estimate of drug-likeness (QED) is 0.691. The van der Waals surface area contributed by atoms with Crippen LogP contribution in [0.3, 0.4) is 0 Å². The molecule has 1 aliphatic heterocycles. The van der Waals surface area contributed by atoms with Crippen LogP contribution in [0.2, 0.25) is 10.0 Å². The van der Waals surface area contributed by atoms with Crippen molar-refractivity contribution >= 4 is 35.2 Å². The Hall–Kier alpha value is -2.25. The molecule has 29 heavy (non-hydrogen) atoms. The minimum atomic E-state index is -0.742. The Morgan fingerprint density at radius 3 is 2.86 bits per heavy atom. The molecule has 0 unspecified atom stereocenters. The number of methoxy groups -OCH3 is 1. The summed E-state index contributed by atoms with van der Waals surface area (Å²) in [4.78, 5) is 34.7. The van der Waals surface area contributed by atoms with E-state index < -0.39 is 18.1 Å². The maximum atomic E-state index is 13.3. The highest BCUT2D eigenvalue weighted by molar-refractivity contribution is 6.42. The molecular weight excluding hydrogens is 415 g/mol. The van der Waals surface area contributed by atoms with Gasteiger partial charge in [-0.3, -0.25) is 0 Å². The molecule has 0 fully saturated rings. The Morgan fingerprint density at radius 2 is 2.17 bits per heavy atom. The van der Waals surface area contributed by atoms with Gasteiger partial charge in [0.15, 0.2) is 0 Å². The van der Waals surface area contributed by atoms with Crippen molar-refractivity contribution in [3.8, 4) is 0 Å². The van der Waals surface area contributed by atoms with Gasteiger partial charge in [-0.2, -0.15) is 0 Å². The monoisotopic (exact) mass is 438 g/mol. The van der Waals surface area contributed by atoms with Gasteiger partial charge in [0.05, 0.1) is 29.2 Å².